The Hall–Kier alpha value is -1.17. The molecule has 0 aliphatic carbocycles. The molecule has 2 atom stereocenters. The zero-order chi connectivity index (χ0) is 13.1. The molecule has 18 heavy (non-hydrogen) atoms. The predicted octanol–water partition coefficient (Wildman–Crippen LogP) is 0.957. The molecule has 98 valence electrons. The summed E-state index contributed by atoms with van der Waals surface area (Å²) in [6.45, 7) is 2.64. The second-order valence-electron chi connectivity index (χ2n) is 4.31. The maximum absolute atomic E-state index is 12.3. The van der Waals surface area contributed by atoms with Crippen LogP contribution in [-0.4, -0.2) is 52.8 Å². The number of aromatic nitrogens is 1. The summed E-state index contributed by atoms with van der Waals surface area (Å²) in [5.41, 5.74) is 0.491. The number of hydrogen-bond donors (Lipinski definition) is 1. The Labute approximate surface area is 110 Å². The predicted molar refractivity (Wildman–Crippen MR) is 66.6 cm³/mol. The second kappa shape index (κ2) is 5.65. The standard InChI is InChI=1S/C12H15ClN2O3/c1-8-7-18-10(6-16)5-15(8)12(17)9-2-3-11(13)14-4-9/h2-4,8,10,16H,5-7H2,1H3. The third kappa shape index (κ3) is 2.80. The second-order valence-corrected chi connectivity index (χ2v) is 4.70. The average Bonchev–Trinajstić information content (AvgIpc) is 2.39. The van der Waals surface area contributed by atoms with Gasteiger partial charge in [-0.3, -0.25) is 4.79 Å². The molecule has 1 saturated heterocycles. The van der Waals surface area contributed by atoms with Gasteiger partial charge in [0.2, 0.25) is 0 Å². The lowest BCUT2D eigenvalue weighted by Crippen LogP contribution is -2.52. The van der Waals surface area contributed by atoms with Gasteiger partial charge < -0.3 is 14.7 Å². The number of amides is 1. The van der Waals surface area contributed by atoms with Crippen LogP contribution in [0.2, 0.25) is 5.15 Å². The number of pyridine rings is 1. The Kier molecular flexibility index (Phi) is 4.16. The fourth-order valence-electron chi connectivity index (χ4n) is 1.88. The van der Waals surface area contributed by atoms with Crippen molar-refractivity contribution in [3.8, 4) is 0 Å². The van der Waals surface area contributed by atoms with Crippen molar-refractivity contribution in [1.29, 1.82) is 0 Å². The van der Waals surface area contributed by atoms with E-state index in [1.807, 2.05) is 6.92 Å². The van der Waals surface area contributed by atoms with E-state index in [-0.39, 0.29) is 24.7 Å². The first-order chi connectivity index (χ1) is 8.61. The topological polar surface area (TPSA) is 62.7 Å². The maximum atomic E-state index is 12.3. The lowest BCUT2D eigenvalue weighted by atomic mass is 10.1. The van der Waals surface area contributed by atoms with Gasteiger partial charge in [0, 0.05) is 12.7 Å². The molecule has 6 heteroatoms. The lowest BCUT2D eigenvalue weighted by Gasteiger charge is -2.37. The molecule has 1 N–H and O–H groups in total. The fraction of sp³-hybridized carbons (Fsp3) is 0.500. The molecule has 1 aliphatic heterocycles. The van der Waals surface area contributed by atoms with Crippen LogP contribution in [-0.2, 0) is 4.74 Å². The molecule has 2 heterocycles. The third-order valence-electron chi connectivity index (χ3n) is 2.94. The molecule has 2 rings (SSSR count). The van der Waals surface area contributed by atoms with Gasteiger partial charge in [-0.05, 0) is 19.1 Å². The highest BCUT2D eigenvalue weighted by Gasteiger charge is 2.29. The number of aliphatic hydroxyl groups excluding tert-OH is 1. The number of rotatable bonds is 2. The summed E-state index contributed by atoms with van der Waals surface area (Å²) in [5.74, 6) is -0.117. The van der Waals surface area contributed by atoms with Crippen LogP contribution in [0.4, 0.5) is 0 Å². The first-order valence-corrected chi connectivity index (χ1v) is 6.14. The van der Waals surface area contributed by atoms with Gasteiger partial charge in [-0.1, -0.05) is 11.6 Å². The van der Waals surface area contributed by atoms with Crippen LogP contribution >= 0.6 is 11.6 Å². The minimum Gasteiger partial charge on any atom is -0.394 e. The SMILES string of the molecule is CC1COC(CO)CN1C(=O)c1ccc(Cl)nc1. The van der Waals surface area contributed by atoms with Gasteiger partial charge in [-0.15, -0.1) is 0 Å². The smallest absolute Gasteiger partial charge is 0.255 e. The number of hydrogen-bond acceptors (Lipinski definition) is 4. The summed E-state index contributed by atoms with van der Waals surface area (Å²) >= 11 is 5.69. The van der Waals surface area contributed by atoms with Gasteiger partial charge >= 0.3 is 0 Å². The quantitative estimate of drug-likeness (QED) is 0.813. The summed E-state index contributed by atoms with van der Waals surface area (Å²) in [7, 11) is 0. The Morgan fingerprint density at radius 1 is 1.67 bits per heavy atom. The van der Waals surface area contributed by atoms with Gasteiger partial charge in [0.25, 0.3) is 5.91 Å². The Bertz CT molecular complexity index is 424. The average molecular weight is 271 g/mol. The Morgan fingerprint density at radius 3 is 3.06 bits per heavy atom. The van der Waals surface area contributed by atoms with Crippen LogP contribution < -0.4 is 0 Å². The zero-order valence-electron chi connectivity index (χ0n) is 10.0. The van der Waals surface area contributed by atoms with Crippen LogP contribution in [0.3, 0.4) is 0 Å². The fourth-order valence-corrected chi connectivity index (χ4v) is 1.99. The van der Waals surface area contributed by atoms with Gasteiger partial charge in [-0.25, -0.2) is 4.98 Å². The van der Waals surface area contributed by atoms with E-state index < -0.39 is 0 Å². The zero-order valence-corrected chi connectivity index (χ0v) is 10.8. The van der Waals surface area contributed by atoms with E-state index in [1.54, 1.807) is 17.0 Å². The van der Waals surface area contributed by atoms with E-state index in [0.717, 1.165) is 0 Å². The number of nitrogens with zero attached hydrogens (tertiary/aromatic N) is 2. The maximum Gasteiger partial charge on any atom is 0.255 e. The molecule has 1 fully saturated rings. The third-order valence-corrected chi connectivity index (χ3v) is 3.17. The normalized spacial score (nSPS) is 24.1. The van der Waals surface area contributed by atoms with Gasteiger partial charge in [0.1, 0.15) is 5.15 Å². The highest BCUT2D eigenvalue weighted by molar-refractivity contribution is 6.29. The van der Waals surface area contributed by atoms with Crippen molar-refractivity contribution < 1.29 is 14.6 Å². The van der Waals surface area contributed by atoms with Crippen molar-refractivity contribution in [3.05, 3.63) is 29.0 Å². The highest BCUT2D eigenvalue weighted by Crippen LogP contribution is 2.16. The number of aliphatic hydroxyl groups is 1. The molecule has 0 spiro atoms. The monoisotopic (exact) mass is 270 g/mol. The first-order valence-electron chi connectivity index (χ1n) is 5.77. The molecule has 1 aromatic rings. The molecule has 0 saturated carbocycles. The minimum absolute atomic E-state index is 0.0176. The molecule has 2 unspecified atom stereocenters. The van der Waals surface area contributed by atoms with Crippen molar-refractivity contribution >= 4 is 17.5 Å². The largest absolute Gasteiger partial charge is 0.394 e. The molecule has 0 bridgehead atoms. The Balaban J connectivity index is 2.13. The van der Waals surface area contributed by atoms with Crippen LogP contribution in [0, 0.1) is 0 Å². The Morgan fingerprint density at radius 2 is 2.44 bits per heavy atom. The molecule has 1 aliphatic rings. The van der Waals surface area contributed by atoms with Crippen molar-refractivity contribution in [3.63, 3.8) is 0 Å². The van der Waals surface area contributed by atoms with E-state index in [4.69, 9.17) is 21.4 Å². The molecule has 5 nitrogen and oxygen atoms in total. The number of halogens is 1. The van der Waals surface area contributed by atoms with Crippen LogP contribution in [0.15, 0.2) is 18.3 Å². The number of morpholine rings is 1. The van der Waals surface area contributed by atoms with Crippen molar-refractivity contribution in [2.45, 2.75) is 19.1 Å². The van der Waals surface area contributed by atoms with E-state index >= 15 is 0 Å². The van der Waals surface area contributed by atoms with Gasteiger partial charge in [-0.2, -0.15) is 0 Å². The minimum atomic E-state index is -0.314. The summed E-state index contributed by atoms with van der Waals surface area (Å²) in [5, 5.41) is 9.45. The molecular weight excluding hydrogens is 256 g/mol. The summed E-state index contributed by atoms with van der Waals surface area (Å²) in [6, 6.07) is 3.22. The lowest BCUT2D eigenvalue weighted by molar-refractivity contribution is -0.0667. The van der Waals surface area contributed by atoms with Crippen LogP contribution in [0.5, 0.6) is 0 Å². The summed E-state index contributed by atoms with van der Waals surface area (Å²) in [6.07, 6.45) is 1.14. The molecule has 1 aromatic heterocycles. The number of ether oxygens (including phenoxy) is 1. The van der Waals surface area contributed by atoms with Crippen LogP contribution in [0.25, 0.3) is 0 Å². The van der Waals surface area contributed by atoms with E-state index in [2.05, 4.69) is 4.98 Å². The van der Waals surface area contributed by atoms with E-state index in [0.29, 0.717) is 23.9 Å². The molecule has 1 amide bonds. The van der Waals surface area contributed by atoms with E-state index in [1.165, 1.54) is 6.20 Å². The first kappa shape index (κ1) is 13.3. The van der Waals surface area contributed by atoms with Crippen molar-refractivity contribution in [2.75, 3.05) is 19.8 Å². The van der Waals surface area contributed by atoms with Crippen molar-refractivity contribution in [2.24, 2.45) is 0 Å². The number of carbonyl (C=O) groups excluding carboxylic acids is 1. The molecule has 0 radical (unpaired) electrons. The van der Waals surface area contributed by atoms with Crippen molar-refractivity contribution in [1.82, 2.24) is 9.88 Å². The van der Waals surface area contributed by atoms with Gasteiger partial charge in [0.05, 0.1) is 30.9 Å². The highest BCUT2D eigenvalue weighted by atomic mass is 35.5. The molecular formula is C12H15ClN2O3. The van der Waals surface area contributed by atoms with Gasteiger partial charge in [0.15, 0.2) is 0 Å². The summed E-state index contributed by atoms with van der Waals surface area (Å²) in [4.78, 5) is 17.9. The summed E-state index contributed by atoms with van der Waals surface area (Å²) < 4.78 is 5.39. The van der Waals surface area contributed by atoms with E-state index in [9.17, 15) is 4.79 Å². The van der Waals surface area contributed by atoms with Crippen LogP contribution in [0.1, 0.15) is 17.3 Å². The number of carbonyl (C=O) groups is 1. The molecule has 0 aromatic carbocycles.